The third-order valence-corrected chi connectivity index (χ3v) is 3.23. The van der Waals surface area contributed by atoms with Gasteiger partial charge in [0.1, 0.15) is 5.60 Å². The molecule has 0 aliphatic carbocycles. The maximum absolute atomic E-state index is 11.7. The Morgan fingerprint density at radius 1 is 1.12 bits per heavy atom. The fraction of sp³-hybridized carbons (Fsp3) is 0.688. The molecule has 0 unspecified atom stereocenters. The van der Waals surface area contributed by atoms with Crippen LogP contribution in [0.2, 0.25) is 0 Å². The Morgan fingerprint density at radius 2 is 1.69 bits per heavy atom. The van der Waals surface area contributed by atoms with E-state index in [0.29, 0.717) is 5.06 Å². The number of nitrogens with one attached hydrogen (secondary N) is 1. The maximum atomic E-state index is 11.7. The quantitative estimate of drug-likeness (QED) is 0.641. The fourth-order valence-corrected chi connectivity index (χ4v) is 1.90. The summed E-state index contributed by atoms with van der Waals surface area (Å²) in [6.45, 7) is 5.68. The molecule has 1 rings (SSSR count). The van der Waals surface area contributed by atoms with Gasteiger partial charge in [0.15, 0.2) is 0 Å². The van der Waals surface area contributed by atoms with Crippen molar-refractivity contribution in [1.82, 2.24) is 15.3 Å². The standard InChI is InChI=1S/C16H25N3O7/c1-16(2,3)25-15(24)18(4)10-9-17-11(20)5-8-14(23)26-19-12(21)6-7-13(19)22/h5-10H2,1-4H3,(H,17,20). The van der Waals surface area contributed by atoms with Crippen LogP contribution in [0.25, 0.3) is 0 Å². The highest BCUT2D eigenvalue weighted by Crippen LogP contribution is 2.13. The van der Waals surface area contributed by atoms with Gasteiger partial charge in [-0.05, 0) is 20.8 Å². The molecule has 1 heterocycles. The van der Waals surface area contributed by atoms with Gasteiger partial charge in [-0.3, -0.25) is 14.4 Å². The van der Waals surface area contributed by atoms with Crippen molar-refractivity contribution < 1.29 is 33.5 Å². The molecular formula is C16H25N3O7. The third kappa shape index (κ3) is 7.49. The lowest BCUT2D eigenvalue weighted by Crippen LogP contribution is -2.39. The van der Waals surface area contributed by atoms with E-state index in [1.807, 2.05) is 0 Å². The molecule has 0 spiro atoms. The molecule has 10 heteroatoms. The summed E-state index contributed by atoms with van der Waals surface area (Å²) in [5.41, 5.74) is -0.604. The average Bonchev–Trinajstić information content (AvgIpc) is 2.83. The van der Waals surface area contributed by atoms with Gasteiger partial charge >= 0.3 is 12.1 Å². The summed E-state index contributed by atoms with van der Waals surface area (Å²) in [6, 6.07) is 0. The highest BCUT2D eigenvalue weighted by Gasteiger charge is 2.32. The average molecular weight is 371 g/mol. The Morgan fingerprint density at radius 3 is 2.23 bits per heavy atom. The Kier molecular flexibility index (Phi) is 7.54. The van der Waals surface area contributed by atoms with E-state index >= 15 is 0 Å². The molecule has 0 aromatic carbocycles. The number of hydrogen-bond donors (Lipinski definition) is 1. The third-order valence-electron chi connectivity index (χ3n) is 3.23. The number of imide groups is 1. The first kappa shape index (κ1) is 21.4. The highest BCUT2D eigenvalue weighted by atomic mass is 16.7. The fourth-order valence-electron chi connectivity index (χ4n) is 1.90. The summed E-state index contributed by atoms with van der Waals surface area (Å²) in [6.07, 6.45) is -0.916. The SMILES string of the molecule is CN(CCNC(=O)CCC(=O)ON1C(=O)CCC1=O)C(=O)OC(C)(C)C. The van der Waals surface area contributed by atoms with E-state index in [4.69, 9.17) is 4.74 Å². The second kappa shape index (κ2) is 9.16. The van der Waals surface area contributed by atoms with Crippen molar-refractivity contribution in [2.45, 2.75) is 52.1 Å². The lowest BCUT2D eigenvalue weighted by molar-refractivity contribution is -0.197. The molecule has 26 heavy (non-hydrogen) atoms. The van der Waals surface area contributed by atoms with Crippen molar-refractivity contribution in [3.05, 3.63) is 0 Å². The first-order valence-corrected chi connectivity index (χ1v) is 8.27. The molecule has 0 radical (unpaired) electrons. The number of likely N-dealkylation sites (N-methyl/N-ethyl adjacent to an activating group) is 1. The van der Waals surface area contributed by atoms with Gasteiger partial charge in [0.05, 0.1) is 6.42 Å². The topological polar surface area (TPSA) is 122 Å². The van der Waals surface area contributed by atoms with Crippen LogP contribution in [-0.2, 0) is 28.8 Å². The lowest BCUT2D eigenvalue weighted by atomic mass is 10.2. The van der Waals surface area contributed by atoms with Crippen LogP contribution in [0.5, 0.6) is 0 Å². The molecule has 0 aromatic rings. The number of rotatable bonds is 7. The van der Waals surface area contributed by atoms with Crippen LogP contribution < -0.4 is 5.32 Å². The maximum Gasteiger partial charge on any atom is 0.410 e. The van der Waals surface area contributed by atoms with Crippen molar-refractivity contribution in [3.8, 4) is 0 Å². The molecule has 146 valence electrons. The summed E-state index contributed by atoms with van der Waals surface area (Å²) < 4.78 is 5.17. The molecule has 10 nitrogen and oxygen atoms in total. The van der Waals surface area contributed by atoms with E-state index in [1.165, 1.54) is 4.90 Å². The minimum atomic E-state index is -0.838. The molecule has 1 aliphatic heterocycles. The van der Waals surface area contributed by atoms with Crippen molar-refractivity contribution >= 4 is 29.8 Å². The Labute approximate surface area is 151 Å². The van der Waals surface area contributed by atoms with Crippen molar-refractivity contribution in [3.63, 3.8) is 0 Å². The lowest BCUT2D eigenvalue weighted by Gasteiger charge is -2.24. The second-order valence-electron chi connectivity index (χ2n) is 6.80. The zero-order valence-corrected chi connectivity index (χ0v) is 15.5. The van der Waals surface area contributed by atoms with E-state index in [1.54, 1.807) is 27.8 Å². The van der Waals surface area contributed by atoms with E-state index in [2.05, 4.69) is 10.2 Å². The van der Waals surface area contributed by atoms with Crippen LogP contribution in [0.3, 0.4) is 0 Å². The number of carbonyl (C=O) groups is 5. The van der Waals surface area contributed by atoms with Gasteiger partial charge in [0.25, 0.3) is 11.8 Å². The summed E-state index contributed by atoms with van der Waals surface area (Å²) in [5, 5.41) is 2.99. The Bertz CT molecular complexity index is 567. The number of ether oxygens (including phenoxy) is 1. The molecule has 0 atom stereocenters. The predicted octanol–water partition coefficient (Wildman–Crippen LogP) is 0.357. The zero-order chi connectivity index (χ0) is 19.9. The van der Waals surface area contributed by atoms with Crippen LogP contribution in [0.1, 0.15) is 46.5 Å². The smallest absolute Gasteiger partial charge is 0.410 e. The van der Waals surface area contributed by atoms with Gasteiger partial charge in [-0.25, -0.2) is 9.59 Å². The van der Waals surface area contributed by atoms with Gasteiger partial charge in [-0.2, -0.15) is 0 Å². The van der Waals surface area contributed by atoms with Crippen molar-refractivity contribution in [2.75, 3.05) is 20.1 Å². The molecule has 1 saturated heterocycles. The van der Waals surface area contributed by atoms with Crippen LogP contribution >= 0.6 is 0 Å². The normalized spacial score (nSPS) is 14.2. The summed E-state index contributed by atoms with van der Waals surface area (Å²) in [4.78, 5) is 63.6. The number of amides is 4. The molecule has 1 fully saturated rings. The van der Waals surface area contributed by atoms with E-state index in [0.717, 1.165) is 0 Å². The van der Waals surface area contributed by atoms with Gasteiger partial charge in [0, 0.05) is 39.4 Å². The van der Waals surface area contributed by atoms with Crippen LogP contribution in [0, 0.1) is 0 Å². The van der Waals surface area contributed by atoms with Gasteiger partial charge in [0.2, 0.25) is 5.91 Å². The molecule has 1 N–H and O–H groups in total. The zero-order valence-electron chi connectivity index (χ0n) is 15.5. The Hall–Kier alpha value is -2.65. The summed E-state index contributed by atoms with van der Waals surface area (Å²) >= 11 is 0. The van der Waals surface area contributed by atoms with Gasteiger partial charge < -0.3 is 19.8 Å². The van der Waals surface area contributed by atoms with E-state index in [9.17, 15) is 24.0 Å². The molecular weight excluding hydrogens is 346 g/mol. The van der Waals surface area contributed by atoms with Crippen LogP contribution in [0.4, 0.5) is 4.79 Å². The van der Waals surface area contributed by atoms with Gasteiger partial charge in [-0.1, -0.05) is 0 Å². The highest BCUT2D eigenvalue weighted by molar-refractivity contribution is 6.01. The monoisotopic (exact) mass is 371 g/mol. The van der Waals surface area contributed by atoms with Crippen molar-refractivity contribution in [2.24, 2.45) is 0 Å². The summed E-state index contributed by atoms with van der Waals surface area (Å²) in [7, 11) is 1.54. The largest absolute Gasteiger partial charge is 0.444 e. The van der Waals surface area contributed by atoms with E-state index < -0.39 is 35.4 Å². The van der Waals surface area contributed by atoms with Crippen LogP contribution in [0.15, 0.2) is 0 Å². The minimum Gasteiger partial charge on any atom is -0.444 e. The minimum absolute atomic E-state index is 0.0117. The molecule has 4 amide bonds. The molecule has 0 bridgehead atoms. The Balaban J connectivity index is 2.22. The first-order valence-electron chi connectivity index (χ1n) is 8.27. The van der Waals surface area contributed by atoms with E-state index in [-0.39, 0.29) is 38.8 Å². The van der Waals surface area contributed by atoms with Gasteiger partial charge in [-0.15, -0.1) is 5.06 Å². The molecule has 0 saturated carbocycles. The summed E-state index contributed by atoms with van der Waals surface area (Å²) in [5.74, 6) is -2.40. The van der Waals surface area contributed by atoms with Crippen LogP contribution in [-0.4, -0.2) is 65.5 Å². The van der Waals surface area contributed by atoms with Crippen molar-refractivity contribution in [1.29, 1.82) is 0 Å². The molecule has 1 aliphatic rings. The first-order chi connectivity index (χ1) is 12.0. The number of hydrogen-bond acceptors (Lipinski definition) is 7. The predicted molar refractivity (Wildman–Crippen MR) is 88.3 cm³/mol. The number of carbonyl (C=O) groups excluding carboxylic acids is 5. The second-order valence-corrected chi connectivity index (χ2v) is 6.80. The molecule has 0 aromatic heterocycles. The number of nitrogens with zero attached hydrogens (tertiary/aromatic N) is 2. The number of hydroxylamine groups is 2.